The maximum absolute atomic E-state index is 8.74. The van der Waals surface area contributed by atoms with Crippen molar-refractivity contribution >= 4 is 71.6 Å². The van der Waals surface area contributed by atoms with Gasteiger partial charge in [-0.25, -0.2) is 0 Å². The van der Waals surface area contributed by atoms with Crippen molar-refractivity contribution in [1.29, 1.82) is 0 Å². The summed E-state index contributed by atoms with van der Waals surface area (Å²) in [5.74, 6) is 1.77. The van der Waals surface area contributed by atoms with Crippen LogP contribution < -0.4 is 0 Å². The number of allylic oxidation sites excluding steroid dienone is 15. The van der Waals surface area contributed by atoms with Crippen LogP contribution in [0.2, 0.25) is 0 Å². The van der Waals surface area contributed by atoms with Crippen molar-refractivity contribution in [2.24, 2.45) is 0 Å². The molecule has 14 heteroatoms. The van der Waals surface area contributed by atoms with Gasteiger partial charge < -0.3 is 14.7 Å². The number of halogens is 3. The number of hydrogen-bond donors (Lipinski definition) is 2. The van der Waals surface area contributed by atoms with Crippen LogP contribution in [0.25, 0.3) is 0 Å². The fourth-order valence-corrected chi connectivity index (χ4v) is 6.66. The van der Waals surface area contributed by atoms with Gasteiger partial charge in [0.05, 0.1) is 0 Å². The van der Waals surface area contributed by atoms with Crippen molar-refractivity contribution in [3.8, 4) is 0 Å². The standard InChI is InChI=1S/C57H98O6.I2.HI.H2O4S/c1-7-10-13-16-19-22-25-28-31-34-37-40-43-46-49-54(4)60-58-52-57(63-62-56(6)51-48-45-42-39-36-33-30-27-24-21-18-15-12-9-3)53-59-61-55(5)50-47-44-41-38-35-32-29-26-23-20-17-14-11-8-2;1-2;;1-5(2,3)4/h21-26,28-33,57H,4-20,27,34-53H2,1-3H3;;1H;(H2,1,2,3,4). The Morgan fingerprint density at radius 3 is 1.04 bits per heavy atom. The fourth-order valence-electron chi connectivity index (χ4n) is 6.66. The van der Waals surface area contributed by atoms with E-state index in [1.807, 2.05) is 0 Å². The van der Waals surface area contributed by atoms with Crippen LogP contribution >= 0.6 is 61.2 Å². The zero-order chi connectivity index (χ0) is 52.3. The minimum atomic E-state index is -4.67. The molecule has 0 spiro atoms. The number of unbranched alkanes of at least 4 members (excludes halogenated alkanes) is 23. The largest absolute Gasteiger partial charge is 0.394 e. The Morgan fingerprint density at radius 2 is 0.704 bits per heavy atom. The molecule has 0 aromatic rings. The normalized spacial score (nSPS) is 12.1. The smallest absolute Gasteiger partial charge is 0.343 e. The average molecular weight is 1360 g/mol. The lowest BCUT2D eigenvalue weighted by atomic mass is 10.1. The molecule has 0 aliphatic heterocycles. The van der Waals surface area contributed by atoms with E-state index in [1.54, 1.807) is 0 Å². The molecule has 416 valence electrons. The molecule has 0 amide bonds. The summed E-state index contributed by atoms with van der Waals surface area (Å²) in [6.07, 6.45) is 64.6. The molecule has 71 heavy (non-hydrogen) atoms. The van der Waals surface area contributed by atoms with E-state index < -0.39 is 16.5 Å². The zero-order valence-electron chi connectivity index (χ0n) is 44.6. The molecule has 0 unspecified atom stereocenters. The highest BCUT2D eigenvalue weighted by atomic mass is 128. The first-order valence-corrected chi connectivity index (χ1v) is 34.4. The lowest BCUT2D eigenvalue weighted by molar-refractivity contribution is -0.369. The second kappa shape index (κ2) is 65.1. The molecule has 0 aliphatic carbocycles. The first kappa shape index (κ1) is 76.5. The Kier molecular flexibility index (Phi) is 70.2. The monoisotopic (exact) mass is 1360 g/mol. The predicted octanol–water partition coefficient (Wildman–Crippen LogP) is 20.7. The van der Waals surface area contributed by atoms with Gasteiger partial charge in [0.15, 0.2) is 6.10 Å². The summed E-state index contributed by atoms with van der Waals surface area (Å²) in [7, 11) is -4.67. The van der Waals surface area contributed by atoms with E-state index in [2.05, 4.69) is 151 Å². The predicted molar refractivity (Wildman–Crippen MR) is 329 cm³/mol. The summed E-state index contributed by atoms with van der Waals surface area (Å²) in [6.45, 7) is 19.1. The van der Waals surface area contributed by atoms with Crippen molar-refractivity contribution in [3.63, 3.8) is 0 Å². The SMILES string of the molecule is C=C(CCCCCCC=CC=CCCCCCC)OOCC(COOC(=C)CCCCCCC=CC=CCCCCCC)OOC(=C)CCCCCCC=CCC=CCCCCC.I.II.O=S(=O)(O)O. The first-order valence-electron chi connectivity index (χ1n) is 26.8. The molecular weight excluding hydrogens is 1260 g/mol. The van der Waals surface area contributed by atoms with Crippen LogP contribution in [-0.4, -0.2) is 36.8 Å². The second-order valence-corrected chi connectivity index (χ2v) is 18.4. The highest BCUT2D eigenvalue weighted by Crippen LogP contribution is 2.16. The van der Waals surface area contributed by atoms with Gasteiger partial charge in [-0.15, -0.1) is 24.0 Å². The van der Waals surface area contributed by atoms with Gasteiger partial charge in [-0.3, -0.25) is 9.11 Å². The minimum Gasteiger partial charge on any atom is -0.343 e. The minimum absolute atomic E-state index is 0. The quantitative estimate of drug-likeness (QED) is 0.00887. The highest BCUT2D eigenvalue weighted by Gasteiger charge is 2.16. The van der Waals surface area contributed by atoms with Gasteiger partial charge in [0.25, 0.3) is 0 Å². The summed E-state index contributed by atoms with van der Waals surface area (Å²) in [4.78, 5) is 33.4. The number of rotatable bonds is 50. The maximum Gasteiger partial charge on any atom is 0.394 e. The van der Waals surface area contributed by atoms with Crippen LogP contribution in [0.3, 0.4) is 0 Å². The topological polar surface area (TPSA) is 130 Å². The fraction of sp³-hybridized carbons (Fsp3) is 0.684. The van der Waals surface area contributed by atoms with Crippen molar-refractivity contribution < 1.29 is 46.8 Å². The van der Waals surface area contributed by atoms with Gasteiger partial charge >= 0.3 is 10.4 Å². The second-order valence-electron chi connectivity index (χ2n) is 17.5. The Bertz CT molecular complexity index is 1380. The molecule has 0 rings (SSSR count). The molecule has 0 aliphatic rings. The van der Waals surface area contributed by atoms with Crippen LogP contribution in [0.1, 0.15) is 233 Å². The van der Waals surface area contributed by atoms with Gasteiger partial charge in [-0.2, -0.15) is 23.1 Å². The van der Waals surface area contributed by atoms with Gasteiger partial charge in [-0.05, 0) is 103 Å². The van der Waals surface area contributed by atoms with E-state index in [-0.39, 0.29) is 37.2 Å². The summed E-state index contributed by atoms with van der Waals surface area (Å²) in [5, 5.41) is 0. The summed E-state index contributed by atoms with van der Waals surface area (Å²) < 4.78 is 31.6. The molecule has 10 nitrogen and oxygen atoms in total. The van der Waals surface area contributed by atoms with E-state index >= 15 is 0 Å². The van der Waals surface area contributed by atoms with Crippen molar-refractivity contribution in [2.75, 3.05) is 13.2 Å². The van der Waals surface area contributed by atoms with E-state index in [0.29, 0.717) is 17.3 Å². The first-order chi connectivity index (χ1) is 34.0. The molecule has 0 fully saturated rings. The average Bonchev–Trinajstić information content (AvgIpc) is 3.33. The zero-order valence-corrected chi connectivity index (χ0v) is 52.1. The molecular formula is C57H101I3O10S. The third-order valence-corrected chi connectivity index (χ3v) is 10.7. The van der Waals surface area contributed by atoms with Crippen LogP contribution in [-0.2, 0) is 39.7 Å². The van der Waals surface area contributed by atoms with E-state index in [4.69, 9.17) is 46.8 Å². The van der Waals surface area contributed by atoms with Gasteiger partial charge in [0.1, 0.15) is 30.5 Å². The van der Waals surface area contributed by atoms with Gasteiger partial charge in [0, 0.05) is 56.5 Å². The summed E-state index contributed by atoms with van der Waals surface area (Å²) in [6, 6.07) is 0. The molecule has 0 atom stereocenters. The Hall–Kier alpha value is -1.000. The van der Waals surface area contributed by atoms with E-state index in [1.165, 1.54) is 128 Å². The third-order valence-electron chi connectivity index (χ3n) is 10.7. The summed E-state index contributed by atoms with van der Waals surface area (Å²) >= 11 is 4.24. The highest BCUT2D eigenvalue weighted by molar-refractivity contribution is 15.0. The number of hydrogen-bond acceptors (Lipinski definition) is 8. The van der Waals surface area contributed by atoms with Crippen LogP contribution in [0, 0.1) is 0 Å². The van der Waals surface area contributed by atoms with Crippen LogP contribution in [0.15, 0.2) is 110 Å². The van der Waals surface area contributed by atoms with Gasteiger partial charge in [-0.1, -0.05) is 203 Å². The molecule has 0 saturated carbocycles. The molecule has 0 aromatic carbocycles. The molecule has 2 N–H and O–H groups in total. The Balaban J connectivity index is -0.00000262. The van der Waals surface area contributed by atoms with Crippen LogP contribution in [0.5, 0.6) is 0 Å². The van der Waals surface area contributed by atoms with Crippen molar-refractivity contribution in [1.82, 2.24) is 0 Å². The summed E-state index contributed by atoms with van der Waals surface area (Å²) in [5.41, 5.74) is 0. The Morgan fingerprint density at radius 1 is 0.437 bits per heavy atom. The van der Waals surface area contributed by atoms with E-state index in [0.717, 1.165) is 83.5 Å². The van der Waals surface area contributed by atoms with Crippen LogP contribution in [0.4, 0.5) is 0 Å². The maximum atomic E-state index is 8.74. The van der Waals surface area contributed by atoms with E-state index in [9.17, 15) is 0 Å². The molecule has 0 heterocycles. The molecule has 0 bridgehead atoms. The van der Waals surface area contributed by atoms with Gasteiger partial charge in [0.2, 0.25) is 0 Å². The van der Waals surface area contributed by atoms with Crippen molar-refractivity contribution in [3.05, 3.63) is 110 Å². The Labute approximate surface area is 476 Å². The lowest BCUT2D eigenvalue weighted by Crippen LogP contribution is -2.26. The molecule has 0 saturated heterocycles. The lowest BCUT2D eigenvalue weighted by Gasteiger charge is -2.18. The third kappa shape index (κ3) is 75.6. The van der Waals surface area contributed by atoms with Crippen molar-refractivity contribution in [2.45, 2.75) is 239 Å². The molecule has 0 radical (unpaired) electrons. The molecule has 0 aromatic heterocycles.